The van der Waals surface area contributed by atoms with Crippen LogP contribution in [0.15, 0.2) is 12.1 Å². The number of nitrogens with one attached hydrogen (secondary N) is 1. The Kier molecular flexibility index (Phi) is 5.97. The highest BCUT2D eigenvalue weighted by atomic mass is 35.5. The number of rotatable bonds is 6. The van der Waals surface area contributed by atoms with E-state index in [4.69, 9.17) is 27.9 Å². The molecule has 112 valence electrons. The highest BCUT2D eigenvalue weighted by molar-refractivity contribution is 6.35. The number of benzene rings is 1. The lowest BCUT2D eigenvalue weighted by molar-refractivity contribution is 0.0598. The van der Waals surface area contributed by atoms with Crippen molar-refractivity contribution in [2.24, 2.45) is 0 Å². The summed E-state index contributed by atoms with van der Waals surface area (Å²) in [7, 11) is 0. The standard InChI is InChI=1S/C15H21Cl2NO2/c1-2-6-18-9-10-7-11(16)8-12(17)15(10)20-14-5-3-4-13(14)19/h7-8,13-14,18-19H,2-6,9H2,1H3. The molecule has 0 spiro atoms. The Balaban J connectivity index is 2.16. The maximum Gasteiger partial charge on any atom is 0.143 e. The zero-order chi connectivity index (χ0) is 14.5. The van der Waals surface area contributed by atoms with Gasteiger partial charge >= 0.3 is 0 Å². The quantitative estimate of drug-likeness (QED) is 0.784. The second-order valence-corrected chi connectivity index (χ2v) is 6.05. The van der Waals surface area contributed by atoms with Crippen LogP contribution in [0.4, 0.5) is 0 Å². The number of aliphatic hydroxyl groups is 1. The van der Waals surface area contributed by atoms with E-state index in [1.807, 2.05) is 6.07 Å². The van der Waals surface area contributed by atoms with E-state index in [0.717, 1.165) is 37.8 Å². The Morgan fingerprint density at radius 1 is 1.35 bits per heavy atom. The maximum absolute atomic E-state index is 9.89. The van der Waals surface area contributed by atoms with Crippen LogP contribution < -0.4 is 10.1 Å². The molecule has 1 fully saturated rings. The number of aliphatic hydroxyl groups excluding tert-OH is 1. The molecule has 1 saturated carbocycles. The fourth-order valence-electron chi connectivity index (χ4n) is 2.47. The van der Waals surface area contributed by atoms with Gasteiger partial charge in [0.1, 0.15) is 11.9 Å². The number of ether oxygens (including phenoxy) is 1. The van der Waals surface area contributed by atoms with Crippen LogP contribution in [-0.4, -0.2) is 23.9 Å². The van der Waals surface area contributed by atoms with Crippen LogP contribution >= 0.6 is 23.2 Å². The largest absolute Gasteiger partial charge is 0.486 e. The molecule has 1 aromatic rings. The fraction of sp³-hybridized carbons (Fsp3) is 0.600. The molecule has 5 heteroatoms. The molecule has 2 rings (SSSR count). The minimum absolute atomic E-state index is 0.168. The van der Waals surface area contributed by atoms with Gasteiger partial charge in [0.05, 0.1) is 11.1 Å². The van der Waals surface area contributed by atoms with Crippen molar-refractivity contribution in [3.05, 3.63) is 27.7 Å². The van der Waals surface area contributed by atoms with E-state index in [9.17, 15) is 5.11 Å². The van der Waals surface area contributed by atoms with Crippen molar-refractivity contribution in [1.82, 2.24) is 5.32 Å². The molecule has 3 nitrogen and oxygen atoms in total. The third-order valence-electron chi connectivity index (χ3n) is 3.51. The van der Waals surface area contributed by atoms with E-state index < -0.39 is 6.10 Å². The lowest BCUT2D eigenvalue weighted by Gasteiger charge is -2.21. The molecule has 1 aliphatic carbocycles. The van der Waals surface area contributed by atoms with Crippen molar-refractivity contribution >= 4 is 23.2 Å². The van der Waals surface area contributed by atoms with E-state index in [1.165, 1.54) is 0 Å². The molecule has 0 bridgehead atoms. The highest BCUT2D eigenvalue weighted by Gasteiger charge is 2.28. The van der Waals surface area contributed by atoms with Gasteiger partial charge in [-0.25, -0.2) is 0 Å². The van der Waals surface area contributed by atoms with Crippen LogP contribution in [0.5, 0.6) is 5.75 Å². The molecular weight excluding hydrogens is 297 g/mol. The smallest absolute Gasteiger partial charge is 0.143 e. The number of hydrogen-bond donors (Lipinski definition) is 2. The number of halogens is 2. The molecule has 2 atom stereocenters. The van der Waals surface area contributed by atoms with Gasteiger partial charge in [-0.1, -0.05) is 30.1 Å². The summed E-state index contributed by atoms with van der Waals surface area (Å²) < 4.78 is 5.95. The zero-order valence-electron chi connectivity index (χ0n) is 11.7. The first-order chi connectivity index (χ1) is 9.61. The van der Waals surface area contributed by atoms with Gasteiger partial charge in [0, 0.05) is 17.1 Å². The zero-order valence-corrected chi connectivity index (χ0v) is 13.2. The molecule has 2 unspecified atom stereocenters. The van der Waals surface area contributed by atoms with Gasteiger partial charge < -0.3 is 15.2 Å². The molecule has 20 heavy (non-hydrogen) atoms. The van der Waals surface area contributed by atoms with E-state index in [0.29, 0.717) is 22.3 Å². The van der Waals surface area contributed by atoms with E-state index >= 15 is 0 Å². The first kappa shape index (κ1) is 15.9. The molecule has 0 aliphatic heterocycles. The van der Waals surface area contributed by atoms with Gasteiger partial charge in [0.25, 0.3) is 0 Å². The van der Waals surface area contributed by atoms with Gasteiger partial charge in [0.15, 0.2) is 0 Å². The van der Waals surface area contributed by atoms with Crippen LogP contribution in [0.3, 0.4) is 0 Å². The van der Waals surface area contributed by atoms with Crippen LogP contribution in [-0.2, 0) is 6.54 Å². The topological polar surface area (TPSA) is 41.5 Å². The second kappa shape index (κ2) is 7.51. The lowest BCUT2D eigenvalue weighted by Crippen LogP contribution is -2.26. The highest BCUT2D eigenvalue weighted by Crippen LogP contribution is 2.35. The second-order valence-electron chi connectivity index (χ2n) is 5.21. The van der Waals surface area contributed by atoms with Gasteiger partial charge in [-0.15, -0.1) is 0 Å². The Labute approximate surface area is 130 Å². The predicted molar refractivity (Wildman–Crippen MR) is 82.7 cm³/mol. The summed E-state index contributed by atoms with van der Waals surface area (Å²) in [6.45, 7) is 3.70. The molecule has 0 saturated heterocycles. The maximum atomic E-state index is 9.89. The molecule has 1 aromatic carbocycles. The molecular formula is C15H21Cl2NO2. The summed E-state index contributed by atoms with van der Waals surface area (Å²) >= 11 is 12.3. The van der Waals surface area contributed by atoms with Crippen LogP contribution in [0, 0.1) is 0 Å². The predicted octanol–water partition coefficient (Wildman–Crippen LogP) is 3.79. The van der Waals surface area contributed by atoms with Gasteiger partial charge in [-0.3, -0.25) is 0 Å². The molecule has 0 heterocycles. The molecule has 2 N–H and O–H groups in total. The third kappa shape index (κ3) is 4.01. The van der Waals surface area contributed by atoms with Crippen molar-refractivity contribution in [2.45, 2.75) is 51.4 Å². The van der Waals surface area contributed by atoms with Crippen molar-refractivity contribution < 1.29 is 9.84 Å². The minimum Gasteiger partial charge on any atom is -0.486 e. The van der Waals surface area contributed by atoms with Crippen LogP contribution in [0.1, 0.15) is 38.2 Å². The lowest BCUT2D eigenvalue weighted by atomic mass is 10.2. The van der Waals surface area contributed by atoms with Gasteiger partial charge in [0.2, 0.25) is 0 Å². The Morgan fingerprint density at radius 3 is 2.80 bits per heavy atom. The normalized spacial score (nSPS) is 22.2. The fourth-order valence-corrected chi connectivity index (χ4v) is 3.05. The average Bonchev–Trinajstić information content (AvgIpc) is 2.79. The summed E-state index contributed by atoms with van der Waals surface area (Å²) in [6, 6.07) is 3.55. The van der Waals surface area contributed by atoms with E-state index in [1.54, 1.807) is 6.07 Å². The van der Waals surface area contributed by atoms with Crippen LogP contribution in [0.25, 0.3) is 0 Å². The third-order valence-corrected chi connectivity index (χ3v) is 4.01. The Hall–Kier alpha value is -0.480. The van der Waals surface area contributed by atoms with Crippen molar-refractivity contribution in [3.63, 3.8) is 0 Å². The molecule has 0 aromatic heterocycles. The Morgan fingerprint density at radius 2 is 2.15 bits per heavy atom. The molecule has 1 aliphatic rings. The van der Waals surface area contributed by atoms with Crippen molar-refractivity contribution in [1.29, 1.82) is 0 Å². The summed E-state index contributed by atoms with van der Waals surface area (Å²) in [6.07, 6.45) is 3.13. The van der Waals surface area contributed by atoms with E-state index in [2.05, 4.69) is 12.2 Å². The summed E-state index contributed by atoms with van der Waals surface area (Å²) in [5.74, 6) is 0.644. The summed E-state index contributed by atoms with van der Waals surface area (Å²) in [4.78, 5) is 0. The van der Waals surface area contributed by atoms with Gasteiger partial charge in [-0.05, 0) is 44.4 Å². The molecule has 0 amide bonds. The van der Waals surface area contributed by atoms with Crippen LogP contribution in [0.2, 0.25) is 10.0 Å². The summed E-state index contributed by atoms with van der Waals surface area (Å²) in [5.41, 5.74) is 0.940. The van der Waals surface area contributed by atoms with Crippen molar-refractivity contribution in [2.75, 3.05) is 6.54 Å². The first-order valence-electron chi connectivity index (χ1n) is 7.15. The van der Waals surface area contributed by atoms with Crippen molar-refractivity contribution in [3.8, 4) is 5.75 Å². The SMILES string of the molecule is CCCNCc1cc(Cl)cc(Cl)c1OC1CCCC1O. The Bertz CT molecular complexity index is 454. The number of hydrogen-bond acceptors (Lipinski definition) is 3. The monoisotopic (exact) mass is 317 g/mol. The average molecular weight is 318 g/mol. The summed E-state index contributed by atoms with van der Waals surface area (Å²) in [5, 5.41) is 14.3. The van der Waals surface area contributed by atoms with Gasteiger partial charge in [-0.2, -0.15) is 0 Å². The minimum atomic E-state index is -0.404. The van der Waals surface area contributed by atoms with E-state index in [-0.39, 0.29) is 6.10 Å². The first-order valence-corrected chi connectivity index (χ1v) is 7.90. The molecule has 0 radical (unpaired) electrons.